The lowest BCUT2D eigenvalue weighted by molar-refractivity contribution is -0.142. The number of rotatable bonds is 4. The highest BCUT2D eigenvalue weighted by molar-refractivity contribution is 7.95. The van der Waals surface area contributed by atoms with Crippen LogP contribution in [0.3, 0.4) is 0 Å². The zero-order chi connectivity index (χ0) is 7.98. The fourth-order valence-electron chi connectivity index (χ4n) is 0.521. The van der Waals surface area contributed by atoms with E-state index in [9.17, 15) is 4.79 Å². The third-order valence-electron chi connectivity index (χ3n) is 1.02. The summed E-state index contributed by atoms with van der Waals surface area (Å²) < 4.78 is 4.76. The van der Waals surface area contributed by atoms with Crippen molar-refractivity contribution in [1.82, 2.24) is 0 Å². The third kappa shape index (κ3) is 10.1. The second kappa shape index (κ2) is 8.21. The molecule has 11 heavy (non-hydrogen) atoms. The van der Waals surface area contributed by atoms with Crippen molar-refractivity contribution in [3.63, 3.8) is 0 Å². The molecule has 0 aliphatic carbocycles. The first kappa shape index (κ1) is 13.7. The van der Waals surface area contributed by atoms with Crippen molar-refractivity contribution in [2.24, 2.45) is 0 Å². The Morgan fingerprint density at radius 1 is 1.45 bits per heavy atom. The van der Waals surface area contributed by atoms with Gasteiger partial charge >= 0.3 is 5.97 Å². The molecule has 0 radical (unpaired) electrons. The number of halogens is 1. The molecule has 0 fully saturated rings. The van der Waals surface area contributed by atoms with Gasteiger partial charge in [-0.15, -0.1) is 0 Å². The fraction of sp³-hybridized carbons (Fsp3) is 0.857. The number of esters is 1. The predicted octanol–water partition coefficient (Wildman–Crippen LogP) is -2.18. The Hall–Kier alpha value is 0.110. The van der Waals surface area contributed by atoms with Gasteiger partial charge in [-0.2, -0.15) is 0 Å². The second-order valence-electron chi connectivity index (χ2n) is 2.24. The van der Waals surface area contributed by atoms with Gasteiger partial charge in [0.15, 0.2) is 0 Å². The molecule has 4 heteroatoms. The molecule has 0 aromatic rings. The highest BCUT2D eigenvalue weighted by atomic mass is 35.5. The molecular weight excluding hydrogens is 184 g/mol. The summed E-state index contributed by atoms with van der Waals surface area (Å²) in [5.74, 6) is 0.891. The first-order chi connectivity index (χ1) is 4.66. The summed E-state index contributed by atoms with van der Waals surface area (Å²) in [7, 11) is 0.359. The summed E-state index contributed by atoms with van der Waals surface area (Å²) in [6, 6.07) is 0. The molecule has 0 unspecified atom stereocenters. The van der Waals surface area contributed by atoms with Crippen molar-refractivity contribution >= 4 is 16.9 Å². The van der Waals surface area contributed by atoms with Crippen LogP contribution in [0.25, 0.3) is 0 Å². The molecule has 0 aromatic carbocycles. The van der Waals surface area contributed by atoms with E-state index in [1.807, 2.05) is 6.92 Å². The fourth-order valence-corrected chi connectivity index (χ4v) is 1.10. The smallest absolute Gasteiger partial charge is 0.310 e. The third-order valence-corrected chi connectivity index (χ3v) is 2.04. The normalized spacial score (nSPS) is 9.09. The van der Waals surface area contributed by atoms with Crippen LogP contribution in [0.4, 0.5) is 0 Å². The SMILES string of the molecule is CCOC(=O)CC[S+](C)C.[Cl-]. The van der Waals surface area contributed by atoms with E-state index in [2.05, 4.69) is 12.5 Å². The van der Waals surface area contributed by atoms with Gasteiger partial charge in [-0.05, 0) is 17.8 Å². The summed E-state index contributed by atoms with van der Waals surface area (Å²) in [5, 5.41) is 0. The van der Waals surface area contributed by atoms with Gasteiger partial charge in [0.1, 0.15) is 5.75 Å². The first-order valence-corrected chi connectivity index (χ1v) is 5.57. The van der Waals surface area contributed by atoms with Crippen molar-refractivity contribution in [2.75, 3.05) is 24.9 Å². The van der Waals surface area contributed by atoms with Crippen LogP contribution in [0.2, 0.25) is 0 Å². The maximum Gasteiger partial charge on any atom is 0.310 e. The van der Waals surface area contributed by atoms with E-state index in [1.165, 1.54) is 0 Å². The summed E-state index contributed by atoms with van der Waals surface area (Å²) in [5.41, 5.74) is 0. The Kier molecular flexibility index (Phi) is 10.2. The van der Waals surface area contributed by atoms with Crippen LogP contribution in [0, 0.1) is 0 Å². The Balaban J connectivity index is 0. The Morgan fingerprint density at radius 2 is 2.00 bits per heavy atom. The molecule has 0 spiro atoms. The van der Waals surface area contributed by atoms with Crippen LogP contribution in [0.1, 0.15) is 13.3 Å². The Morgan fingerprint density at radius 3 is 2.36 bits per heavy atom. The van der Waals surface area contributed by atoms with Crippen LogP contribution in [-0.4, -0.2) is 30.8 Å². The van der Waals surface area contributed by atoms with Gasteiger partial charge in [-0.3, -0.25) is 4.79 Å². The molecule has 2 nitrogen and oxygen atoms in total. The van der Waals surface area contributed by atoms with Gasteiger partial charge in [0, 0.05) is 0 Å². The van der Waals surface area contributed by atoms with Gasteiger partial charge < -0.3 is 17.1 Å². The quantitative estimate of drug-likeness (QED) is 0.380. The average Bonchev–Trinajstić information content (AvgIpc) is 1.85. The maximum absolute atomic E-state index is 10.7. The molecule has 0 bridgehead atoms. The van der Waals surface area contributed by atoms with E-state index in [0.717, 1.165) is 5.75 Å². The van der Waals surface area contributed by atoms with Crippen molar-refractivity contribution < 1.29 is 21.9 Å². The second-order valence-corrected chi connectivity index (χ2v) is 4.62. The Labute approximate surface area is 77.4 Å². The molecule has 0 heterocycles. The zero-order valence-electron chi connectivity index (χ0n) is 7.22. The monoisotopic (exact) mass is 198 g/mol. The summed E-state index contributed by atoms with van der Waals surface area (Å²) >= 11 is 0. The zero-order valence-corrected chi connectivity index (χ0v) is 8.80. The molecule has 68 valence electrons. The average molecular weight is 199 g/mol. The summed E-state index contributed by atoms with van der Waals surface area (Å²) in [6.45, 7) is 2.33. The molecule has 0 rings (SSSR count). The van der Waals surface area contributed by atoms with Gasteiger partial charge in [-0.25, -0.2) is 0 Å². The number of hydrogen-bond acceptors (Lipinski definition) is 2. The molecule has 0 aromatic heterocycles. The van der Waals surface area contributed by atoms with E-state index in [-0.39, 0.29) is 18.4 Å². The Bertz CT molecular complexity index is 107. The van der Waals surface area contributed by atoms with Crippen LogP contribution in [-0.2, 0) is 20.4 Å². The molecule has 0 aliphatic heterocycles. The highest BCUT2D eigenvalue weighted by Gasteiger charge is 2.07. The molecule has 0 saturated carbocycles. The molecule has 0 N–H and O–H groups in total. The topological polar surface area (TPSA) is 26.3 Å². The summed E-state index contributed by atoms with van der Waals surface area (Å²) in [6.07, 6.45) is 4.82. The number of ether oxygens (including phenoxy) is 1. The van der Waals surface area contributed by atoms with Crippen molar-refractivity contribution in [3.05, 3.63) is 0 Å². The minimum atomic E-state index is -0.0660. The summed E-state index contributed by atoms with van der Waals surface area (Å²) in [4.78, 5) is 10.7. The molecular formula is C7H15ClO2S. The largest absolute Gasteiger partial charge is 1.00 e. The highest BCUT2D eigenvalue weighted by Crippen LogP contribution is 1.91. The molecule has 0 amide bonds. The molecule has 0 atom stereocenters. The lowest BCUT2D eigenvalue weighted by Gasteiger charge is -1.98. The van der Waals surface area contributed by atoms with Crippen LogP contribution >= 0.6 is 0 Å². The van der Waals surface area contributed by atoms with Crippen LogP contribution < -0.4 is 12.4 Å². The van der Waals surface area contributed by atoms with Gasteiger partial charge in [-0.1, -0.05) is 0 Å². The van der Waals surface area contributed by atoms with E-state index in [1.54, 1.807) is 0 Å². The van der Waals surface area contributed by atoms with Crippen molar-refractivity contribution in [2.45, 2.75) is 13.3 Å². The first-order valence-electron chi connectivity index (χ1n) is 3.36. The lowest BCUT2D eigenvalue weighted by atomic mass is 10.5. The van der Waals surface area contributed by atoms with Gasteiger partial charge in [0.05, 0.1) is 25.5 Å². The maximum atomic E-state index is 10.7. The number of carbonyl (C=O) groups excluding carboxylic acids is 1. The lowest BCUT2D eigenvalue weighted by Crippen LogP contribution is -3.00. The predicted molar refractivity (Wildman–Crippen MR) is 45.3 cm³/mol. The molecule has 0 saturated heterocycles. The van der Waals surface area contributed by atoms with Crippen LogP contribution in [0.5, 0.6) is 0 Å². The van der Waals surface area contributed by atoms with Crippen molar-refractivity contribution in [3.8, 4) is 0 Å². The van der Waals surface area contributed by atoms with E-state index in [0.29, 0.717) is 23.9 Å². The van der Waals surface area contributed by atoms with Crippen LogP contribution in [0.15, 0.2) is 0 Å². The van der Waals surface area contributed by atoms with E-state index < -0.39 is 0 Å². The minimum Gasteiger partial charge on any atom is -1.00 e. The van der Waals surface area contributed by atoms with Gasteiger partial charge in [0.2, 0.25) is 0 Å². The standard InChI is InChI=1S/C7H15O2S.ClH/c1-4-9-7(8)5-6-10(2)3;/h4-6H2,1-3H3;1H/q+1;/p-1. The van der Waals surface area contributed by atoms with E-state index >= 15 is 0 Å². The van der Waals surface area contributed by atoms with Gasteiger partial charge in [0.25, 0.3) is 0 Å². The number of carbonyl (C=O) groups is 1. The van der Waals surface area contributed by atoms with Crippen molar-refractivity contribution in [1.29, 1.82) is 0 Å². The number of hydrogen-bond donors (Lipinski definition) is 0. The van der Waals surface area contributed by atoms with E-state index in [4.69, 9.17) is 4.74 Å². The molecule has 0 aliphatic rings. The minimum absolute atomic E-state index is 0.